The van der Waals surface area contributed by atoms with Crippen molar-refractivity contribution < 1.29 is 4.79 Å². The van der Waals surface area contributed by atoms with Gasteiger partial charge in [0.05, 0.1) is 5.41 Å². The summed E-state index contributed by atoms with van der Waals surface area (Å²) >= 11 is 20.7. The number of hydrogen-bond donors (Lipinski definition) is 1. The number of halogens is 3. The Morgan fingerprint density at radius 3 is 2.68 bits per heavy atom. The van der Waals surface area contributed by atoms with Crippen molar-refractivity contribution in [2.75, 3.05) is 5.32 Å². The van der Waals surface area contributed by atoms with E-state index in [0.29, 0.717) is 33.4 Å². The molecule has 0 aliphatic heterocycles. The van der Waals surface area contributed by atoms with Gasteiger partial charge in [-0.2, -0.15) is 0 Å². The second-order valence-electron chi connectivity index (χ2n) is 8.89. The first-order chi connectivity index (χ1) is 13.3. The summed E-state index contributed by atoms with van der Waals surface area (Å²) in [5.41, 5.74) is 0.648. The molecule has 4 fully saturated rings. The third-order valence-corrected chi connectivity index (χ3v) is 8.58. The molecule has 1 N–H and O–H groups in total. The first kappa shape index (κ1) is 19.2. The average molecular weight is 456 g/mol. The Kier molecular flexibility index (Phi) is 4.70. The molecule has 4 aliphatic carbocycles. The number of thiazole rings is 1. The fourth-order valence-electron chi connectivity index (χ4n) is 5.96. The number of benzene rings is 1. The Morgan fingerprint density at radius 1 is 1.21 bits per heavy atom. The van der Waals surface area contributed by atoms with Crippen LogP contribution in [0.25, 0.3) is 0 Å². The summed E-state index contributed by atoms with van der Waals surface area (Å²) < 4.78 is 0. The predicted molar refractivity (Wildman–Crippen MR) is 116 cm³/mol. The molecule has 2 atom stereocenters. The van der Waals surface area contributed by atoms with Gasteiger partial charge in [-0.25, -0.2) is 4.98 Å². The number of carbonyl (C=O) groups is 1. The number of aromatic nitrogens is 1. The third-order valence-electron chi connectivity index (χ3n) is 6.62. The van der Waals surface area contributed by atoms with E-state index in [1.165, 1.54) is 17.8 Å². The van der Waals surface area contributed by atoms with Crippen LogP contribution in [-0.2, 0) is 11.2 Å². The standard InChI is InChI=1S/C21H21Cl3N2OS/c22-15-1-2-17(23)14(4-15)5-16-10-25-19(28-16)26-18(27)20-6-12-3-13(7-20)9-21(24,8-12)11-20/h1-2,4,10,12-13H,3,5-9,11H2,(H,25,26,27)/t12-,13-,20?,21?/m0/s1. The van der Waals surface area contributed by atoms with E-state index in [9.17, 15) is 4.79 Å². The zero-order valence-corrected chi connectivity index (χ0v) is 18.4. The van der Waals surface area contributed by atoms with Crippen molar-refractivity contribution in [3.8, 4) is 0 Å². The van der Waals surface area contributed by atoms with Crippen molar-refractivity contribution in [2.45, 2.75) is 49.8 Å². The maximum Gasteiger partial charge on any atom is 0.232 e. The molecule has 28 heavy (non-hydrogen) atoms. The number of rotatable bonds is 4. The first-order valence-electron chi connectivity index (χ1n) is 9.72. The molecule has 4 saturated carbocycles. The van der Waals surface area contributed by atoms with Crippen LogP contribution in [-0.4, -0.2) is 15.8 Å². The number of alkyl halides is 1. The van der Waals surface area contributed by atoms with Gasteiger partial charge in [0.1, 0.15) is 0 Å². The molecule has 0 saturated heterocycles. The SMILES string of the molecule is O=C(Nc1ncc(Cc2cc(Cl)ccc2Cl)s1)C12C[C@@H]3C[C@H](CC(Cl)(C3)C1)C2. The van der Waals surface area contributed by atoms with Crippen LogP contribution in [0, 0.1) is 17.3 Å². The summed E-state index contributed by atoms with van der Waals surface area (Å²) in [5, 5.41) is 5.10. The maximum atomic E-state index is 13.2. The lowest BCUT2D eigenvalue weighted by molar-refractivity contribution is -0.138. The van der Waals surface area contributed by atoms with Gasteiger partial charge in [-0.15, -0.1) is 22.9 Å². The Hall–Kier alpha value is -0.810. The van der Waals surface area contributed by atoms with Crippen LogP contribution in [0.4, 0.5) is 5.13 Å². The largest absolute Gasteiger partial charge is 0.301 e. The summed E-state index contributed by atoms with van der Waals surface area (Å²) in [5.74, 6) is 1.30. The molecule has 1 heterocycles. The van der Waals surface area contributed by atoms with E-state index in [1.807, 2.05) is 6.07 Å². The van der Waals surface area contributed by atoms with Gasteiger partial charge in [-0.05, 0) is 74.1 Å². The van der Waals surface area contributed by atoms with Crippen LogP contribution in [0.15, 0.2) is 24.4 Å². The number of nitrogens with zero attached hydrogens (tertiary/aromatic N) is 1. The fourth-order valence-corrected chi connectivity index (χ4v) is 7.86. The lowest BCUT2D eigenvalue weighted by Crippen LogP contribution is -2.57. The molecular formula is C21H21Cl3N2OS. The van der Waals surface area contributed by atoms with Gasteiger partial charge in [0.25, 0.3) is 0 Å². The van der Waals surface area contributed by atoms with E-state index in [1.54, 1.807) is 18.3 Å². The van der Waals surface area contributed by atoms with Crippen molar-refractivity contribution in [1.82, 2.24) is 4.98 Å². The smallest absolute Gasteiger partial charge is 0.232 e. The highest BCUT2D eigenvalue weighted by atomic mass is 35.5. The Balaban J connectivity index is 1.31. The Bertz CT molecular complexity index is 929. The molecule has 4 bridgehead atoms. The van der Waals surface area contributed by atoms with Crippen LogP contribution < -0.4 is 5.32 Å². The van der Waals surface area contributed by atoms with E-state index in [2.05, 4.69) is 10.3 Å². The van der Waals surface area contributed by atoms with E-state index >= 15 is 0 Å². The first-order valence-corrected chi connectivity index (χ1v) is 11.7. The van der Waals surface area contributed by atoms with Crippen molar-refractivity contribution in [1.29, 1.82) is 0 Å². The summed E-state index contributed by atoms with van der Waals surface area (Å²) in [7, 11) is 0. The van der Waals surface area contributed by atoms with Gasteiger partial charge in [-0.3, -0.25) is 4.79 Å². The second-order valence-corrected chi connectivity index (χ2v) is 11.7. The van der Waals surface area contributed by atoms with Crippen LogP contribution in [0.2, 0.25) is 10.0 Å². The molecular weight excluding hydrogens is 435 g/mol. The van der Waals surface area contributed by atoms with E-state index in [0.717, 1.165) is 42.5 Å². The number of amides is 1. The Labute approximate surface area is 183 Å². The van der Waals surface area contributed by atoms with Gasteiger partial charge in [-0.1, -0.05) is 23.2 Å². The Morgan fingerprint density at radius 2 is 1.96 bits per heavy atom. The molecule has 1 amide bonds. The highest BCUT2D eigenvalue weighted by molar-refractivity contribution is 7.15. The van der Waals surface area contributed by atoms with Gasteiger partial charge >= 0.3 is 0 Å². The summed E-state index contributed by atoms with van der Waals surface area (Å²) in [6.45, 7) is 0. The van der Waals surface area contributed by atoms with Crippen molar-refractivity contribution in [3.63, 3.8) is 0 Å². The second kappa shape index (κ2) is 6.87. The monoisotopic (exact) mass is 454 g/mol. The number of hydrogen-bond acceptors (Lipinski definition) is 3. The molecule has 0 unspecified atom stereocenters. The van der Waals surface area contributed by atoms with Crippen molar-refractivity contribution >= 4 is 57.2 Å². The molecule has 1 aromatic heterocycles. The van der Waals surface area contributed by atoms with Gasteiger partial charge in [0.2, 0.25) is 5.91 Å². The zero-order valence-electron chi connectivity index (χ0n) is 15.3. The molecule has 148 valence electrons. The highest BCUT2D eigenvalue weighted by Gasteiger charge is 2.60. The number of nitrogens with one attached hydrogen (secondary N) is 1. The lowest BCUT2D eigenvalue weighted by Gasteiger charge is -2.59. The molecule has 7 heteroatoms. The average Bonchev–Trinajstić information content (AvgIpc) is 3.03. The molecule has 4 aliphatic rings. The third kappa shape index (κ3) is 3.47. The van der Waals surface area contributed by atoms with Crippen LogP contribution in [0.3, 0.4) is 0 Å². The fraction of sp³-hybridized carbons (Fsp3) is 0.524. The summed E-state index contributed by atoms with van der Waals surface area (Å²) in [6.07, 6.45) is 8.58. The van der Waals surface area contributed by atoms with E-state index in [-0.39, 0.29) is 16.2 Å². The molecule has 6 rings (SSSR count). The van der Waals surface area contributed by atoms with E-state index < -0.39 is 0 Å². The molecule has 0 spiro atoms. The van der Waals surface area contributed by atoms with Crippen LogP contribution >= 0.6 is 46.1 Å². The number of carbonyl (C=O) groups excluding carboxylic acids is 1. The molecule has 0 radical (unpaired) electrons. The molecule has 3 nitrogen and oxygen atoms in total. The number of anilines is 1. The zero-order chi connectivity index (χ0) is 19.5. The normalized spacial score (nSPS) is 33.2. The van der Waals surface area contributed by atoms with Crippen molar-refractivity contribution in [2.24, 2.45) is 17.3 Å². The summed E-state index contributed by atoms with van der Waals surface area (Å²) in [6, 6.07) is 5.45. The van der Waals surface area contributed by atoms with Crippen LogP contribution in [0.1, 0.15) is 49.0 Å². The van der Waals surface area contributed by atoms with Crippen LogP contribution in [0.5, 0.6) is 0 Å². The van der Waals surface area contributed by atoms with Crippen molar-refractivity contribution in [3.05, 3.63) is 44.9 Å². The van der Waals surface area contributed by atoms with Gasteiger partial charge in [0.15, 0.2) is 5.13 Å². The van der Waals surface area contributed by atoms with Gasteiger partial charge < -0.3 is 5.32 Å². The maximum absolute atomic E-state index is 13.2. The minimum Gasteiger partial charge on any atom is -0.301 e. The molecule has 1 aromatic carbocycles. The quantitative estimate of drug-likeness (QED) is 0.531. The predicted octanol–water partition coefficient (Wildman–Crippen LogP) is 6.56. The van der Waals surface area contributed by atoms with Gasteiger partial charge in [0, 0.05) is 32.4 Å². The minimum atomic E-state index is -0.312. The minimum absolute atomic E-state index is 0.105. The lowest BCUT2D eigenvalue weighted by atomic mass is 9.49. The topological polar surface area (TPSA) is 42.0 Å². The molecule has 2 aromatic rings. The van der Waals surface area contributed by atoms with E-state index in [4.69, 9.17) is 34.8 Å². The summed E-state index contributed by atoms with van der Waals surface area (Å²) in [4.78, 5) is 18.5. The highest BCUT2D eigenvalue weighted by Crippen LogP contribution is 2.64.